The molecule has 3 aromatic rings. The van der Waals surface area contributed by atoms with Crippen molar-refractivity contribution in [2.45, 2.75) is 5.85 Å². The summed E-state index contributed by atoms with van der Waals surface area (Å²) in [6.45, 7) is 0. The van der Waals surface area contributed by atoms with Gasteiger partial charge in [0.15, 0.2) is 7.14 Å². The van der Waals surface area contributed by atoms with Gasteiger partial charge in [-0.3, -0.25) is 0 Å². The monoisotopic (exact) mass is 324 g/mol. The highest BCUT2D eigenvalue weighted by Gasteiger charge is 2.37. The molecule has 2 N–H and O–H groups in total. The summed E-state index contributed by atoms with van der Waals surface area (Å²) in [6, 6.07) is 24.3. The van der Waals surface area contributed by atoms with Gasteiger partial charge >= 0.3 is 0 Å². The minimum absolute atomic E-state index is 0.0629. The lowest BCUT2D eigenvalue weighted by Crippen LogP contribution is -2.21. The molecule has 0 fully saturated rings. The van der Waals surface area contributed by atoms with Crippen molar-refractivity contribution in [2.75, 3.05) is 0 Å². The molecule has 0 saturated heterocycles. The second-order valence-corrected chi connectivity index (χ2v) is 8.10. The molecule has 3 nitrogen and oxygen atoms in total. The van der Waals surface area contributed by atoms with Crippen molar-refractivity contribution in [3.63, 3.8) is 0 Å². The van der Waals surface area contributed by atoms with Crippen LogP contribution >= 0.6 is 7.14 Å². The fraction of sp³-hybridized carbons (Fsp3) is 0.0526. The second kappa shape index (κ2) is 6.41. The van der Waals surface area contributed by atoms with Crippen LogP contribution in [0, 0.1) is 0 Å². The summed E-state index contributed by atoms with van der Waals surface area (Å²) in [7, 11) is -3.37. The molecule has 0 heterocycles. The molecule has 0 bridgehead atoms. The van der Waals surface area contributed by atoms with Gasteiger partial charge in [0.25, 0.3) is 0 Å². The van der Waals surface area contributed by atoms with E-state index in [9.17, 15) is 14.8 Å². The fourth-order valence-electron chi connectivity index (χ4n) is 2.63. The average molecular weight is 324 g/mol. The summed E-state index contributed by atoms with van der Waals surface area (Å²) in [5.41, 5.74) is 0.267. The average Bonchev–Trinajstić information content (AvgIpc) is 2.62. The van der Waals surface area contributed by atoms with Crippen LogP contribution < -0.4 is 10.6 Å². The molecule has 1 atom stereocenters. The molecule has 3 rings (SSSR count). The number of aromatic hydroxyl groups is 1. The van der Waals surface area contributed by atoms with Crippen LogP contribution in [-0.2, 0) is 4.57 Å². The Kier molecular flexibility index (Phi) is 4.33. The normalized spacial score (nSPS) is 12.7. The molecule has 0 aliphatic rings. The molecule has 0 aromatic heterocycles. The van der Waals surface area contributed by atoms with Crippen LogP contribution in [0.3, 0.4) is 0 Å². The Morgan fingerprint density at radius 2 is 1.13 bits per heavy atom. The van der Waals surface area contributed by atoms with Crippen LogP contribution in [0.25, 0.3) is 0 Å². The van der Waals surface area contributed by atoms with Gasteiger partial charge in [-0.25, -0.2) is 0 Å². The number of para-hydroxylation sites is 1. The van der Waals surface area contributed by atoms with Crippen molar-refractivity contribution in [3.8, 4) is 5.75 Å². The van der Waals surface area contributed by atoms with E-state index >= 15 is 0 Å². The standard InChI is InChI=1S/C19H17O3P/c20-18-14-8-7-13-17(18)19(21)23(22,15-9-3-1-4-10-15)16-11-5-2-6-12-16/h1-14,19-21H/t19-/m0/s1. The minimum Gasteiger partial charge on any atom is -0.508 e. The zero-order valence-electron chi connectivity index (χ0n) is 12.4. The third-order valence-corrected chi connectivity index (χ3v) is 6.94. The van der Waals surface area contributed by atoms with E-state index in [1.54, 1.807) is 66.7 Å². The number of benzene rings is 3. The Hall–Kier alpha value is -2.35. The lowest BCUT2D eigenvalue weighted by Gasteiger charge is -2.25. The van der Waals surface area contributed by atoms with Crippen molar-refractivity contribution in [1.82, 2.24) is 0 Å². The zero-order chi connectivity index (χ0) is 16.3. The Bertz CT molecular complexity index is 788. The smallest absolute Gasteiger partial charge is 0.174 e. The summed E-state index contributed by atoms with van der Waals surface area (Å²) >= 11 is 0. The Morgan fingerprint density at radius 1 is 0.696 bits per heavy atom. The number of rotatable bonds is 4. The van der Waals surface area contributed by atoms with Crippen LogP contribution in [0.15, 0.2) is 84.9 Å². The lowest BCUT2D eigenvalue weighted by atomic mass is 10.2. The van der Waals surface area contributed by atoms with E-state index in [0.717, 1.165) is 0 Å². The van der Waals surface area contributed by atoms with Crippen molar-refractivity contribution in [1.29, 1.82) is 0 Å². The maximum absolute atomic E-state index is 13.9. The molecular weight excluding hydrogens is 307 g/mol. The molecule has 23 heavy (non-hydrogen) atoms. The number of aliphatic hydroxyl groups excluding tert-OH is 1. The van der Waals surface area contributed by atoms with E-state index in [1.807, 2.05) is 12.1 Å². The predicted octanol–water partition coefficient (Wildman–Crippen LogP) is 3.40. The Balaban J connectivity index is 2.21. The molecule has 3 aromatic carbocycles. The van der Waals surface area contributed by atoms with Gasteiger partial charge in [-0.2, -0.15) is 0 Å². The van der Waals surface area contributed by atoms with Gasteiger partial charge in [0.2, 0.25) is 0 Å². The number of phenolic OH excluding ortho intramolecular Hbond substituents is 1. The highest BCUT2D eigenvalue weighted by Crippen LogP contribution is 2.56. The van der Waals surface area contributed by atoms with Gasteiger partial charge < -0.3 is 14.8 Å². The Labute approximate surface area is 135 Å². The van der Waals surface area contributed by atoms with Gasteiger partial charge in [-0.1, -0.05) is 78.9 Å². The first kappa shape index (κ1) is 15.5. The van der Waals surface area contributed by atoms with Gasteiger partial charge in [-0.05, 0) is 6.07 Å². The number of phenols is 1. The molecule has 0 radical (unpaired) electrons. The molecule has 0 aliphatic heterocycles. The quantitative estimate of drug-likeness (QED) is 0.723. The molecule has 0 aliphatic carbocycles. The topological polar surface area (TPSA) is 57.5 Å². The van der Waals surface area contributed by atoms with Gasteiger partial charge in [0.1, 0.15) is 11.6 Å². The van der Waals surface area contributed by atoms with E-state index in [2.05, 4.69) is 0 Å². The van der Waals surface area contributed by atoms with Gasteiger partial charge in [-0.15, -0.1) is 0 Å². The number of hydrogen-bond donors (Lipinski definition) is 2. The summed E-state index contributed by atoms with van der Waals surface area (Å²) in [5, 5.41) is 22.1. The van der Waals surface area contributed by atoms with E-state index in [4.69, 9.17) is 0 Å². The van der Waals surface area contributed by atoms with Crippen LogP contribution in [0.5, 0.6) is 5.75 Å². The number of aliphatic hydroxyl groups is 1. The summed E-state index contributed by atoms with van der Waals surface area (Å²) < 4.78 is 13.9. The Morgan fingerprint density at radius 3 is 1.61 bits per heavy atom. The second-order valence-electron chi connectivity index (χ2n) is 5.26. The van der Waals surface area contributed by atoms with Crippen LogP contribution in [0.2, 0.25) is 0 Å². The molecule has 0 spiro atoms. The largest absolute Gasteiger partial charge is 0.508 e. The first-order chi connectivity index (χ1) is 11.1. The summed E-state index contributed by atoms with van der Waals surface area (Å²) in [6.07, 6.45) is 0. The van der Waals surface area contributed by atoms with Crippen molar-refractivity contribution in [3.05, 3.63) is 90.5 Å². The minimum atomic E-state index is -3.37. The van der Waals surface area contributed by atoms with Crippen LogP contribution in [0.1, 0.15) is 11.4 Å². The van der Waals surface area contributed by atoms with Crippen LogP contribution in [0.4, 0.5) is 0 Å². The third-order valence-electron chi connectivity index (χ3n) is 3.84. The van der Waals surface area contributed by atoms with Crippen LogP contribution in [-0.4, -0.2) is 10.2 Å². The highest BCUT2D eigenvalue weighted by atomic mass is 31.2. The van der Waals surface area contributed by atoms with Crippen molar-refractivity contribution in [2.24, 2.45) is 0 Å². The lowest BCUT2D eigenvalue weighted by molar-refractivity contribution is 0.251. The predicted molar refractivity (Wildman–Crippen MR) is 92.8 cm³/mol. The highest BCUT2D eigenvalue weighted by molar-refractivity contribution is 7.78. The molecule has 4 heteroatoms. The first-order valence-electron chi connectivity index (χ1n) is 7.31. The third kappa shape index (κ3) is 2.81. The molecular formula is C19H17O3P. The molecule has 0 unspecified atom stereocenters. The van der Waals surface area contributed by atoms with E-state index in [-0.39, 0.29) is 11.3 Å². The van der Waals surface area contributed by atoms with Gasteiger partial charge in [0, 0.05) is 16.2 Å². The van der Waals surface area contributed by atoms with Gasteiger partial charge in [0.05, 0.1) is 0 Å². The van der Waals surface area contributed by atoms with E-state index < -0.39 is 13.0 Å². The van der Waals surface area contributed by atoms with E-state index in [1.165, 1.54) is 6.07 Å². The summed E-state index contributed by atoms with van der Waals surface area (Å²) in [5.74, 6) is -1.37. The zero-order valence-corrected chi connectivity index (χ0v) is 13.3. The SMILES string of the molecule is O=P(c1ccccc1)(c1ccccc1)[C@H](O)c1ccccc1O. The molecule has 0 amide bonds. The maximum atomic E-state index is 13.9. The summed E-state index contributed by atoms with van der Waals surface area (Å²) in [4.78, 5) is 0. The number of hydrogen-bond acceptors (Lipinski definition) is 3. The molecule has 116 valence electrons. The van der Waals surface area contributed by atoms with Crippen molar-refractivity contribution < 1.29 is 14.8 Å². The maximum Gasteiger partial charge on any atom is 0.174 e. The fourth-order valence-corrected chi connectivity index (χ4v) is 5.34. The van der Waals surface area contributed by atoms with E-state index in [0.29, 0.717) is 10.6 Å². The molecule has 0 saturated carbocycles. The first-order valence-corrected chi connectivity index (χ1v) is 9.08. The van der Waals surface area contributed by atoms with Crippen molar-refractivity contribution >= 4 is 17.8 Å².